The molecule has 0 saturated heterocycles. The van der Waals surface area contributed by atoms with Crippen LogP contribution < -0.4 is 5.32 Å². The van der Waals surface area contributed by atoms with Crippen molar-refractivity contribution in [3.63, 3.8) is 0 Å². The Morgan fingerprint density at radius 3 is 2.72 bits per heavy atom. The van der Waals surface area contributed by atoms with Gasteiger partial charge in [0.2, 0.25) is 0 Å². The normalized spacial score (nSPS) is 19.9. The summed E-state index contributed by atoms with van der Waals surface area (Å²) in [6.07, 6.45) is 11.3. The minimum Gasteiger partial charge on any atom is -0.316 e. The SMILES string of the molecule is CCC1(C(Cc2ccncc2Cl)NC)CCCC1. The summed E-state index contributed by atoms with van der Waals surface area (Å²) in [4.78, 5) is 4.06. The van der Waals surface area contributed by atoms with Crippen molar-refractivity contribution in [1.82, 2.24) is 10.3 Å². The van der Waals surface area contributed by atoms with Crippen LogP contribution in [-0.2, 0) is 6.42 Å². The number of aromatic nitrogens is 1. The van der Waals surface area contributed by atoms with Crippen LogP contribution in [0, 0.1) is 5.41 Å². The zero-order chi connectivity index (χ0) is 13.0. The van der Waals surface area contributed by atoms with Crippen LogP contribution in [0.2, 0.25) is 5.02 Å². The van der Waals surface area contributed by atoms with Gasteiger partial charge in [-0.2, -0.15) is 0 Å². The van der Waals surface area contributed by atoms with Crippen LogP contribution in [0.3, 0.4) is 0 Å². The molecule has 0 radical (unpaired) electrons. The number of hydrogen-bond donors (Lipinski definition) is 1. The van der Waals surface area contributed by atoms with Crippen LogP contribution in [0.15, 0.2) is 18.5 Å². The third kappa shape index (κ3) is 2.70. The maximum absolute atomic E-state index is 6.23. The standard InChI is InChI=1S/C15H23ClN2/c1-3-15(7-4-5-8-15)14(17-2)10-12-6-9-18-11-13(12)16/h6,9,11,14,17H,3-5,7-8,10H2,1-2H3. The number of likely N-dealkylation sites (N-methyl/N-ethyl adjacent to an activating group) is 1. The number of nitrogens with one attached hydrogen (secondary N) is 1. The monoisotopic (exact) mass is 266 g/mol. The molecule has 1 atom stereocenters. The Labute approximate surface area is 115 Å². The van der Waals surface area contributed by atoms with Crippen molar-refractivity contribution < 1.29 is 0 Å². The summed E-state index contributed by atoms with van der Waals surface area (Å²) < 4.78 is 0. The third-order valence-electron chi connectivity index (χ3n) is 4.67. The predicted octanol–water partition coefficient (Wildman–Crippen LogP) is 3.84. The van der Waals surface area contributed by atoms with Gasteiger partial charge >= 0.3 is 0 Å². The highest BCUT2D eigenvalue weighted by Gasteiger charge is 2.38. The van der Waals surface area contributed by atoms with Gasteiger partial charge in [-0.1, -0.05) is 31.4 Å². The molecule has 1 aromatic heterocycles. The van der Waals surface area contributed by atoms with Crippen molar-refractivity contribution in [2.75, 3.05) is 7.05 Å². The van der Waals surface area contributed by atoms with E-state index < -0.39 is 0 Å². The van der Waals surface area contributed by atoms with E-state index in [1.165, 1.54) is 37.7 Å². The zero-order valence-corrected chi connectivity index (χ0v) is 12.1. The second-order valence-corrected chi connectivity index (χ2v) is 5.84. The molecule has 1 unspecified atom stereocenters. The number of pyridine rings is 1. The molecule has 18 heavy (non-hydrogen) atoms. The van der Waals surface area contributed by atoms with Gasteiger partial charge in [-0.3, -0.25) is 4.98 Å². The molecular weight excluding hydrogens is 244 g/mol. The first-order chi connectivity index (χ1) is 8.72. The van der Waals surface area contributed by atoms with E-state index in [2.05, 4.69) is 24.3 Å². The average molecular weight is 267 g/mol. The average Bonchev–Trinajstić information content (AvgIpc) is 2.88. The Hall–Kier alpha value is -0.600. The molecule has 0 spiro atoms. The Balaban J connectivity index is 2.16. The van der Waals surface area contributed by atoms with Gasteiger partial charge in [0.05, 0.1) is 5.02 Å². The molecule has 1 heterocycles. The fraction of sp³-hybridized carbons (Fsp3) is 0.667. The van der Waals surface area contributed by atoms with Crippen molar-refractivity contribution in [3.8, 4) is 0 Å². The number of rotatable bonds is 5. The summed E-state index contributed by atoms with van der Waals surface area (Å²) in [6, 6.07) is 2.57. The molecular formula is C15H23ClN2. The van der Waals surface area contributed by atoms with Crippen molar-refractivity contribution in [2.24, 2.45) is 5.41 Å². The Morgan fingerprint density at radius 2 is 2.17 bits per heavy atom. The second-order valence-electron chi connectivity index (χ2n) is 5.44. The van der Waals surface area contributed by atoms with Crippen LogP contribution in [0.5, 0.6) is 0 Å². The lowest BCUT2D eigenvalue weighted by Crippen LogP contribution is -2.43. The largest absolute Gasteiger partial charge is 0.316 e. The molecule has 0 aromatic carbocycles. The molecule has 0 aliphatic heterocycles. The maximum Gasteiger partial charge on any atom is 0.0621 e. The summed E-state index contributed by atoms with van der Waals surface area (Å²) >= 11 is 6.23. The van der Waals surface area contributed by atoms with E-state index in [0.29, 0.717) is 11.5 Å². The van der Waals surface area contributed by atoms with E-state index >= 15 is 0 Å². The van der Waals surface area contributed by atoms with Gasteiger partial charge in [-0.15, -0.1) is 0 Å². The lowest BCUT2D eigenvalue weighted by Gasteiger charge is -2.37. The molecule has 3 heteroatoms. The summed E-state index contributed by atoms with van der Waals surface area (Å²) in [6.45, 7) is 2.32. The Kier molecular flexibility index (Phi) is 4.63. The van der Waals surface area contributed by atoms with Gasteiger partial charge in [0.15, 0.2) is 0 Å². The highest BCUT2D eigenvalue weighted by Crippen LogP contribution is 2.44. The van der Waals surface area contributed by atoms with Gasteiger partial charge in [-0.05, 0) is 49.8 Å². The summed E-state index contributed by atoms with van der Waals surface area (Å²) in [5.74, 6) is 0. The lowest BCUT2D eigenvalue weighted by atomic mass is 9.74. The van der Waals surface area contributed by atoms with Gasteiger partial charge in [-0.25, -0.2) is 0 Å². The lowest BCUT2D eigenvalue weighted by molar-refractivity contribution is 0.192. The molecule has 1 aliphatic carbocycles. The Bertz CT molecular complexity index is 386. The summed E-state index contributed by atoms with van der Waals surface area (Å²) in [5.41, 5.74) is 1.67. The van der Waals surface area contributed by atoms with Crippen LogP contribution in [-0.4, -0.2) is 18.1 Å². The van der Waals surface area contributed by atoms with E-state index in [1.807, 2.05) is 12.3 Å². The molecule has 1 aromatic rings. The van der Waals surface area contributed by atoms with Gasteiger partial charge in [0.25, 0.3) is 0 Å². The van der Waals surface area contributed by atoms with Gasteiger partial charge in [0.1, 0.15) is 0 Å². The number of halogens is 1. The fourth-order valence-electron chi connectivity index (χ4n) is 3.44. The quantitative estimate of drug-likeness (QED) is 0.876. The van der Waals surface area contributed by atoms with Crippen molar-refractivity contribution >= 4 is 11.6 Å². The van der Waals surface area contributed by atoms with Crippen molar-refractivity contribution in [3.05, 3.63) is 29.0 Å². The Morgan fingerprint density at radius 1 is 1.44 bits per heavy atom. The number of hydrogen-bond acceptors (Lipinski definition) is 2. The van der Waals surface area contributed by atoms with Crippen LogP contribution >= 0.6 is 11.6 Å². The fourth-order valence-corrected chi connectivity index (χ4v) is 3.64. The van der Waals surface area contributed by atoms with E-state index in [4.69, 9.17) is 11.6 Å². The smallest absolute Gasteiger partial charge is 0.0621 e. The van der Waals surface area contributed by atoms with E-state index in [1.54, 1.807) is 6.20 Å². The first-order valence-corrected chi connectivity index (χ1v) is 7.35. The van der Waals surface area contributed by atoms with Crippen LogP contribution in [0.4, 0.5) is 0 Å². The van der Waals surface area contributed by atoms with Gasteiger partial charge in [0, 0.05) is 18.4 Å². The molecule has 2 rings (SSSR count). The molecule has 0 bridgehead atoms. The molecule has 1 fully saturated rings. The van der Waals surface area contributed by atoms with E-state index in [9.17, 15) is 0 Å². The highest BCUT2D eigenvalue weighted by molar-refractivity contribution is 6.31. The predicted molar refractivity (Wildman–Crippen MR) is 77.0 cm³/mol. The first-order valence-electron chi connectivity index (χ1n) is 6.97. The van der Waals surface area contributed by atoms with Crippen LogP contribution in [0.1, 0.15) is 44.6 Å². The van der Waals surface area contributed by atoms with E-state index in [0.717, 1.165) is 11.4 Å². The second kappa shape index (κ2) is 6.03. The molecule has 0 amide bonds. The number of nitrogens with zero attached hydrogens (tertiary/aromatic N) is 1. The van der Waals surface area contributed by atoms with Crippen molar-refractivity contribution in [1.29, 1.82) is 0 Å². The summed E-state index contributed by atoms with van der Waals surface area (Å²) in [5, 5.41) is 4.33. The summed E-state index contributed by atoms with van der Waals surface area (Å²) in [7, 11) is 2.08. The first kappa shape index (κ1) is 13.8. The van der Waals surface area contributed by atoms with E-state index in [-0.39, 0.29) is 0 Å². The van der Waals surface area contributed by atoms with Crippen LogP contribution in [0.25, 0.3) is 0 Å². The maximum atomic E-state index is 6.23. The topological polar surface area (TPSA) is 24.9 Å². The minimum absolute atomic E-state index is 0.460. The molecule has 100 valence electrons. The highest BCUT2D eigenvalue weighted by atomic mass is 35.5. The zero-order valence-electron chi connectivity index (χ0n) is 11.4. The minimum atomic E-state index is 0.460. The molecule has 1 N–H and O–H groups in total. The molecule has 1 saturated carbocycles. The molecule has 2 nitrogen and oxygen atoms in total. The van der Waals surface area contributed by atoms with Crippen molar-refractivity contribution in [2.45, 2.75) is 51.5 Å². The van der Waals surface area contributed by atoms with Gasteiger partial charge < -0.3 is 5.32 Å². The third-order valence-corrected chi connectivity index (χ3v) is 5.01. The molecule has 1 aliphatic rings.